The van der Waals surface area contributed by atoms with Crippen molar-refractivity contribution in [1.82, 2.24) is 9.97 Å². The molecule has 2 amide bonds. The SMILES string of the molecule is O=C(Nc1c(O)cccc1C(=O)Nc1ccc(Cl)cn1)c1ccc(-c2ccc[nH]c2=O)cc1. The second-order valence-electron chi connectivity index (χ2n) is 6.96. The summed E-state index contributed by atoms with van der Waals surface area (Å²) in [5.41, 5.74) is 1.16. The third kappa shape index (κ3) is 4.91. The molecule has 8 nitrogen and oxygen atoms in total. The highest BCUT2D eigenvalue weighted by atomic mass is 35.5. The molecule has 9 heteroatoms. The fourth-order valence-electron chi connectivity index (χ4n) is 3.13. The first kappa shape index (κ1) is 21.8. The fourth-order valence-corrected chi connectivity index (χ4v) is 3.24. The van der Waals surface area contributed by atoms with Gasteiger partial charge in [-0.25, -0.2) is 4.98 Å². The van der Waals surface area contributed by atoms with Crippen LogP contribution in [0.15, 0.2) is 83.9 Å². The number of nitrogens with zero attached hydrogens (tertiary/aromatic N) is 1. The average molecular weight is 461 g/mol. The number of hydrogen-bond donors (Lipinski definition) is 4. The Balaban J connectivity index is 1.56. The average Bonchev–Trinajstić information content (AvgIpc) is 2.82. The summed E-state index contributed by atoms with van der Waals surface area (Å²) in [4.78, 5) is 44.1. The molecule has 2 aromatic carbocycles. The molecule has 0 aliphatic rings. The number of amides is 2. The maximum absolute atomic E-state index is 12.8. The Hall–Kier alpha value is -4.43. The first-order valence-corrected chi connectivity index (χ1v) is 10.1. The number of halogens is 1. The van der Waals surface area contributed by atoms with Crippen LogP contribution in [-0.4, -0.2) is 26.9 Å². The van der Waals surface area contributed by atoms with E-state index in [0.717, 1.165) is 0 Å². The number of rotatable bonds is 5. The minimum Gasteiger partial charge on any atom is -0.506 e. The zero-order valence-corrected chi connectivity index (χ0v) is 17.8. The summed E-state index contributed by atoms with van der Waals surface area (Å²) >= 11 is 5.81. The van der Waals surface area contributed by atoms with Crippen LogP contribution >= 0.6 is 11.6 Å². The highest BCUT2D eigenvalue weighted by molar-refractivity contribution is 6.30. The molecule has 2 heterocycles. The molecule has 0 fully saturated rings. The van der Waals surface area contributed by atoms with Gasteiger partial charge < -0.3 is 20.7 Å². The van der Waals surface area contributed by atoms with Crippen molar-refractivity contribution < 1.29 is 14.7 Å². The number of carbonyl (C=O) groups excluding carboxylic acids is 2. The van der Waals surface area contributed by atoms with Crippen LogP contribution in [0.3, 0.4) is 0 Å². The van der Waals surface area contributed by atoms with E-state index in [1.165, 1.54) is 36.7 Å². The highest BCUT2D eigenvalue weighted by Gasteiger charge is 2.18. The predicted octanol–water partition coefficient (Wildman–Crippen LogP) is 4.30. The monoisotopic (exact) mass is 460 g/mol. The van der Waals surface area contributed by atoms with Gasteiger partial charge in [0.2, 0.25) is 0 Å². The van der Waals surface area contributed by atoms with E-state index in [0.29, 0.717) is 16.1 Å². The van der Waals surface area contributed by atoms with Crippen LogP contribution < -0.4 is 16.2 Å². The molecule has 4 N–H and O–H groups in total. The summed E-state index contributed by atoms with van der Waals surface area (Å²) < 4.78 is 0. The molecule has 0 saturated carbocycles. The van der Waals surface area contributed by atoms with Crippen molar-refractivity contribution >= 4 is 34.9 Å². The van der Waals surface area contributed by atoms with E-state index >= 15 is 0 Å². The van der Waals surface area contributed by atoms with Crippen LogP contribution in [-0.2, 0) is 0 Å². The Morgan fingerprint density at radius 2 is 1.70 bits per heavy atom. The van der Waals surface area contributed by atoms with Gasteiger partial charge in [0.1, 0.15) is 11.6 Å². The molecule has 4 rings (SSSR count). The number of aromatic hydroxyl groups is 1. The Kier molecular flexibility index (Phi) is 6.19. The number of phenolic OH excluding ortho intramolecular Hbond substituents is 1. The standard InChI is InChI=1S/C24H17ClN4O4/c25-16-10-11-20(27-13-16)28-24(33)18-3-1-5-19(30)21(18)29-22(31)15-8-6-14(7-9-15)17-4-2-12-26-23(17)32/h1-13,30H,(H,26,32)(H,29,31)(H,27,28,33). The van der Waals surface area contributed by atoms with Crippen LogP contribution in [0.4, 0.5) is 11.5 Å². The molecule has 164 valence electrons. The number of aromatic amines is 1. The number of benzene rings is 2. The van der Waals surface area contributed by atoms with Gasteiger partial charge in [-0.3, -0.25) is 14.4 Å². The van der Waals surface area contributed by atoms with E-state index in [-0.39, 0.29) is 33.9 Å². The molecule has 0 aliphatic heterocycles. The van der Waals surface area contributed by atoms with E-state index in [4.69, 9.17) is 11.6 Å². The third-order valence-corrected chi connectivity index (χ3v) is 4.99. The van der Waals surface area contributed by atoms with E-state index in [1.807, 2.05) is 0 Å². The smallest absolute Gasteiger partial charge is 0.259 e. The topological polar surface area (TPSA) is 124 Å². The number of aromatic nitrogens is 2. The van der Waals surface area contributed by atoms with Crippen molar-refractivity contribution in [3.8, 4) is 16.9 Å². The molecule has 2 aromatic heterocycles. The van der Waals surface area contributed by atoms with Crippen LogP contribution in [0, 0.1) is 0 Å². The third-order valence-electron chi connectivity index (χ3n) is 4.77. The molecule has 0 saturated heterocycles. The molecule has 0 bridgehead atoms. The number of nitrogens with one attached hydrogen (secondary N) is 3. The Labute approximate surface area is 192 Å². The van der Waals surface area contributed by atoms with Gasteiger partial charge in [0.05, 0.1) is 16.3 Å². The molecular formula is C24H17ClN4O4. The van der Waals surface area contributed by atoms with Gasteiger partial charge >= 0.3 is 0 Å². The van der Waals surface area contributed by atoms with Crippen LogP contribution in [0.5, 0.6) is 5.75 Å². The molecule has 4 aromatic rings. The minimum atomic E-state index is -0.574. The molecule has 33 heavy (non-hydrogen) atoms. The lowest BCUT2D eigenvalue weighted by molar-refractivity contribution is 0.102. The number of H-pyrrole nitrogens is 1. The van der Waals surface area contributed by atoms with E-state index in [1.54, 1.807) is 42.5 Å². The van der Waals surface area contributed by atoms with Crippen LogP contribution in [0.25, 0.3) is 11.1 Å². The first-order valence-electron chi connectivity index (χ1n) is 9.77. The zero-order chi connectivity index (χ0) is 23.4. The molecule has 0 spiro atoms. The molecule has 0 aliphatic carbocycles. The molecular weight excluding hydrogens is 444 g/mol. The van der Waals surface area contributed by atoms with Crippen molar-refractivity contribution in [2.75, 3.05) is 10.6 Å². The van der Waals surface area contributed by atoms with Crippen molar-refractivity contribution in [3.05, 3.63) is 106 Å². The minimum absolute atomic E-state index is 0.0439. The number of pyridine rings is 2. The predicted molar refractivity (Wildman–Crippen MR) is 126 cm³/mol. The van der Waals surface area contributed by atoms with Gasteiger partial charge in [0.15, 0.2) is 0 Å². The van der Waals surface area contributed by atoms with Crippen molar-refractivity contribution in [2.24, 2.45) is 0 Å². The van der Waals surface area contributed by atoms with Crippen molar-refractivity contribution in [3.63, 3.8) is 0 Å². The summed E-state index contributed by atoms with van der Waals surface area (Å²) in [6, 6.07) is 17.2. The lowest BCUT2D eigenvalue weighted by Gasteiger charge is -2.13. The first-order chi connectivity index (χ1) is 15.9. The summed E-state index contributed by atoms with van der Waals surface area (Å²) in [5, 5.41) is 15.9. The van der Waals surface area contributed by atoms with E-state index in [2.05, 4.69) is 20.6 Å². The van der Waals surface area contributed by atoms with Crippen LogP contribution in [0.1, 0.15) is 20.7 Å². The summed E-state index contributed by atoms with van der Waals surface area (Å²) in [6.07, 6.45) is 2.92. The second kappa shape index (κ2) is 9.37. The van der Waals surface area contributed by atoms with Gasteiger partial charge in [0, 0.05) is 23.5 Å². The number of para-hydroxylation sites is 1. The molecule has 0 radical (unpaired) electrons. The molecule has 0 atom stereocenters. The Bertz CT molecular complexity index is 1380. The summed E-state index contributed by atoms with van der Waals surface area (Å²) in [6.45, 7) is 0. The van der Waals surface area contributed by atoms with Crippen molar-refractivity contribution in [2.45, 2.75) is 0 Å². The van der Waals surface area contributed by atoms with Gasteiger partial charge in [-0.2, -0.15) is 0 Å². The largest absolute Gasteiger partial charge is 0.506 e. The van der Waals surface area contributed by atoms with Crippen LogP contribution in [0.2, 0.25) is 5.02 Å². The number of hydrogen-bond acceptors (Lipinski definition) is 5. The summed E-state index contributed by atoms with van der Waals surface area (Å²) in [5.74, 6) is -1.12. The molecule has 0 unspecified atom stereocenters. The maximum atomic E-state index is 12.8. The normalized spacial score (nSPS) is 10.5. The Morgan fingerprint density at radius 3 is 2.39 bits per heavy atom. The lowest BCUT2D eigenvalue weighted by atomic mass is 10.0. The number of anilines is 2. The maximum Gasteiger partial charge on any atom is 0.259 e. The lowest BCUT2D eigenvalue weighted by Crippen LogP contribution is -2.19. The Morgan fingerprint density at radius 1 is 0.909 bits per heavy atom. The fraction of sp³-hybridized carbons (Fsp3) is 0. The highest BCUT2D eigenvalue weighted by Crippen LogP contribution is 2.29. The van der Waals surface area contributed by atoms with E-state index < -0.39 is 11.8 Å². The number of carbonyl (C=O) groups is 2. The van der Waals surface area contributed by atoms with E-state index in [9.17, 15) is 19.5 Å². The second-order valence-corrected chi connectivity index (χ2v) is 7.40. The number of phenols is 1. The zero-order valence-electron chi connectivity index (χ0n) is 17.0. The van der Waals surface area contributed by atoms with Gasteiger partial charge in [-0.1, -0.05) is 29.8 Å². The van der Waals surface area contributed by atoms with Gasteiger partial charge in [-0.05, 0) is 54.1 Å². The van der Waals surface area contributed by atoms with Gasteiger partial charge in [0.25, 0.3) is 17.4 Å². The van der Waals surface area contributed by atoms with Gasteiger partial charge in [-0.15, -0.1) is 0 Å². The summed E-state index contributed by atoms with van der Waals surface area (Å²) in [7, 11) is 0. The quantitative estimate of drug-likeness (QED) is 0.330. The van der Waals surface area contributed by atoms with Crippen molar-refractivity contribution in [1.29, 1.82) is 0 Å².